The van der Waals surface area contributed by atoms with Gasteiger partial charge in [0.1, 0.15) is 0 Å². The predicted octanol–water partition coefficient (Wildman–Crippen LogP) is 5.05. The molecular formula is C25H22N2O2. The minimum Gasteiger partial charge on any atom is -0.444 e. The Hall–Kier alpha value is -3.66. The van der Waals surface area contributed by atoms with Crippen molar-refractivity contribution in [3.63, 3.8) is 0 Å². The Morgan fingerprint density at radius 3 is 1.66 bits per heavy atom. The topological polar surface area (TPSA) is 55.0 Å². The molecule has 0 saturated carbocycles. The van der Waals surface area contributed by atoms with E-state index in [9.17, 15) is 4.79 Å². The number of H-pyrrole nitrogens is 1. The molecule has 4 nitrogen and oxygen atoms in total. The van der Waals surface area contributed by atoms with Gasteiger partial charge in [0.05, 0.1) is 17.9 Å². The lowest BCUT2D eigenvalue weighted by molar-refractivity contribution is -0.155. The zero-order chi connectivity index (χ0) is 20.1. The highest BCUT2D eigenvalue weighted by atomic mass is 16.6. The maximum Gasteiger partial charge on any atom is 0.316 e. The Kier molecular flexibility index (Phi) is 5.25. The van der Waals surface area contributed by atoms with Crippen LogP contribution in [0.5, 0.6) is 0 Å². The Balaban J connectivity index is 1.89. The van der Waals surface area contributed by atoms with Crippen molar-refractivity contribution < 1.29 is 9.53 Å². The number of ether oxygens (including phenoxy) is 1. The van der Waals surface area contributed by atoms with E-state index in [2.05, 4.69) is 9.97 Å². The first-order chi connectivity index (χ1) is 14.2. The summed E-state index contributed by atoms with van der Waals surface area (Å²) in [6.07, 6.45) is 3.29. The molecule has 1 heterocycles. The van der Waals surface area contributed by atoms with E-state index in [0.29, 0.717) is 5.69 Å². The lowest BCUT2D eigenvalue weighted by Gasteiger charge is -2.36. The van der Waals surface area contributed by atoms with Crippen molar-refractivity contribution in [1.82, 2.24) is 9.97 Å². The highest BCUT2D eigenvalue weighted by molar-refractivity contribution is 5.78. The van der Waals surface area contributed by atoms with E-state index < -0.39 is 11.5 Å². The van der Waals surface area contributed by atoms with E-state index in [1.807, 2.05) is 97.9 Å². The number of hydrogen-bond donors (Lipinski definition) is 1. The van der Waals surface area contributed by atoms with Crippen LogP contribution in [0.3, 0.4) is 0 Å². The fraction of sp³-hybridized carbons (Fsp3) is 0.120. The number of esters is 1. The summed E-state index contributed by atoms with van der Waals surface area (Å²) < 4.78 is 6.39. The second kappa shape index (κ2) is 8.15. The molecule has 4 heteroatoms. The molecule has 0 saturated heterocycles. The molecule has 1 N–H and O–H groups in total. The Morgan fingerprint density at radius 1 is 0.828 bits per heavy atom. The van der Waals surface area contributed by atoms with Gasteiger partial charge in [-0.1, -0.05) is 91.0 Å². The first-order valence-corrected chi connectivity index (χ1v) is 9.60. The van der Waals surface area contributed by atoms with E-state index in [4.69, 9.17) is 4.74 Å². The third-order valence-corrected chi connectivity index (χ3v) is 5.11. The molecule has 4 rings (SSSR count). The lowest BCUT2D eigenvalue weighted by atomic mass is 9.80. The summed E-state index contributed by atoms with van der Waals surface area (Å²) in [7, 11) is 0. The van der Waals surface area contributed by atoms with Crippen molar-refractivity contribution in [2.45, 2.75) is 18.4 Å². The SMILES string of the molecule is CC(C(=O)OC(c1ccccc1)(c1ccccc1)c1ccccc1)c1c[nH]cn1. The highest BCUT2D eigenvalue weighted by Gasteiger charge is 2.41. The molecule has 0 radical (unpaired) electrons. The molecule has 0 aliphatic heterocycles. The first kappa shape index (κ1) is 18.7. The van der Waals surface area contributed by atoms with Gasteiger partial charge in [0.15, 0.2) is 5.60 Å². The van der Waals surface area contributed by atoms with E-state index in [1.54, 1.807) is 12.5 Å². The quantitative estimate of drug-likeness (QED) is 0.375. The van der Waals surface area contributed by atoms with Crippen molar-refractivity contribution >= 4 is 5.97 Å². The molecule has 4 aromatic rings. The van der Waals surface area contributed by atoms with Crippen LogP contribution in [0.25, 0.3) is 0 Å². The van der Waals surface area contributed by atoms with Crippen LogP contribution in [0.4, 0.5) is 0 Å². The largest absolute Gasteiger partial charge is 0.444 e. The molecule has 0 amide bonds. The van der Waals surface area contributed by atoms with Crippen LogP contribution in [0, 0.1) is 0 Å². The van der Waals surface area contributed by atoms with Gasteiger partial charge in [-0.25, -0.2) is 4.98 Å². The van der Waals surface area contributed by atoms with Gasteiger partial charge >= 0.3 is 5.97 Å². The van der Waals surface area contributed by atoms with Crippen LogP contribution in [0.15, 0.2) is 104 Å². The van der Waals surface area contributed by atoms with E-state index in [0.717, 1.165) is 16.7 Å². The van der Waals surface area contributed by atoms with Crippen molar-refractivity contribution in [3.05, 3.63) is 126 Å². The van der Waals surface area contributed by atoms with Gasteiger partial charge in [-0.05, 0) is 6.92 Å². The van der Waals surface area contributed by atoms with Gasteiger partial charge in [-0.3, -0.25) is 4.79 Å². The standard InChI is InChI=1S/C25H22N2O2/c1-19(23-17-26-18-27-23)24(28)29-25(20-11-5-2-6-12-20,21-13-7-3-8-14-21)22-15-9-4-10-16-22/h2-19H,1H3,(H,26,27). The molecule has 0 fully saturated rings. The molecule has 1 unspecified atom stereocenters. The molecule has 3 aromatic carbocycles. The zero-order valence-corrected chi connectivity index (χ0v) is 16.2. The molecule has 0 spiro atoms. The summed E-state index contributed by atoms with van der Waals surface area (Å²) in [6.45, 7) is 1.81. The summed E-state index contributed by atoms with van der Waals surface area (Å²) in [4.78, 5) is 20.4. The van der Waals surface area contributed by atoms with Gasteiger partial charge in [0, 0.05) is 22.9 Å². The molecule has 1 atom stereocenters. The van der Waals surface area contributed by atoms with Gasteiger partial charge in [0.25, 0.3) is 0 Å². The number of imidazole rings is 1. The Morgan fingerprint density at radius 2 is 1.28 bits per heavy atom. The van der Waals surface area contributed by atoms with Gasteiger partial charge in [0.2, 0.25) is 0 Å². The molecular weight excluding hydrogens is 360 g/mol. The predicted molar refractivity (Wildman–Crippen MR) is 112 cm³/mol. The molecule has 0 bridgehead atoms. The van der Waals surface area contributed by atoms with Gasteiger partial charge in [-0.15, -0.1) is 0 Å². The summed E-state index contributed by atoms with van der Waals surface area (Å²) in [5.74, 6) is -0.842. The van der Waals surface area contributed by atoms with Crippen LogP contribution < -0.4 is 0 Å². The number of aromatic amines is 1. The number of rotatable bonds is 6. The van der Waals surface area contributed by atoms with E-state index >= 15 is 0 Å². The van der Waals surface area contributed by atoms with Crippen LogP contribution in [0.1, 0.15) is 35.2 Å². The number of carbonyl (C=O) groups is 1. The third kappa shape index (κ3) is 3.57. The molecule has 1 aromatic heterocycles. The molecule has 29 heavy (non-hydrogen) atoms. The second-order valence-corrected chi connectivity index (χ2v) is 6.92. The van der Waals surface area contributed by atoms with Crippen molar-refractivity contribution in [3.8, 4) is 0 Å². The van der Waals surface area contributed by atoms with Gasteiger partial charge in [-0.2, -0.15) is 0 Å². The maximum absolute atomic E-state index is 13.3. The maximum atomic E-state index is 13.3. The second-order valence-electron chi connectivity index (χ2n) is 6.92. The number of benzene rings is 3. The smallest absolute Gasteiger partial charge is 0.316 e. The molecule has 0 aliphatic rings. The van der Waals surface area contributed by atoms with Crippen molar-refractivity contribution in [1.29, 1.82) is 0 Å². The molecule has 0 aliphatic carbocycles. The highest BCUT2D eigenvalue weighted by Crippen LogP contribution is 2.41. The fourth-order valence-electron chi connectivity index (χ4n) is 3.56. The number of aromatic nitrogens is 2. The molecule has 144 valence electrons. The number of nitrogens with one attached hydrogen (secondary N) is 1. The summed E-state index contributed by atoms with van der Waals surface area (Å²) in [5.41, 5.74) is 2.25. The van der Waals surface area contributed by atoms with Gasteiger partial charge < -0.3 is 9.72 Å². The van der Waals surface area contributed by atoms with Crippen molar-refractivity contribution in [2.24, 2.45) is 0 Å². The van der Waals surface area contributed by atoms with Crippen LogP contribution >= 0.6 is 0 Å². The number of hydrogen-bond acceptors (Lipinski definition) is 3. The first-order valence-electron chi connectivity index (χ1n) is 9.60. The number of carbonyl (C=O) groups excluding carboxylic acids is 1. The minimum atomic E-state index is -1.06. The lowest BCUT2D eigenvalue weighted by Crippen LogP contribution is -2.36. The summed E-state index contributed by atoms with van der Waals surface area (Å²) in [6, 6.07) is 29.6. The average molecular weight is 382 g/mol. The van der Waals surface area contributed by atoms with E-state index in [1.165, 1.54) is 0 Å². The third-order valence-electron chi connectivity index (χ3n) is 5.11. The monoisotopic (exact) mass is 382 g/mol. The Labute approximate surface area is 170 Å². The summed E-state index contributed by atoms with van der Waals surface area (Å²) in [5, 5.41) is 0. The van der Waals surface area contributed by atoms with Crippen LogP contribution in [-0.4, -0.2) is 15.9 Å². The minimum absolute atomic E-state index is 0.339. The van der Waals surface area contributed by atoms with Crippen LogP contribution in [0.2, 0.25) is 0 Å². The summed E-state index contributed by atoms with van der Waals surface area (Å²) >= 11 is 0. The normalized spacial score (nSPS) is 12.3. The average Bonchev–Trinajstić information content (AvgIpc) is 3.33. The van der Waals surface area contributed by atoms with Crippen LogP contribution in [-0.2, 0) is 15.1 Å². The number of nitrogens with zero attached hydrogens (tertiary/aromatic N) is 1. The fourth-order valence-corrected chi connectivity index (χ4v) is 3.56. The van der Waals surface area contributed by atoms with E-state index in [-0.39, 0.29) is 5.97 Å². The van der Waals surface area contributed by atoms with Crippen molar-refractivity contribution in [2.75, 3.05) is 0 Å². The zero-order valence-electron chi connectivity index (χ0n) is 16.2. The Bertz CT molecular complexity index is 949.